The van der Waals surface area contributed by atoms with Gasteiger partial charge in [-0.2, -0.15) is 0 Å². The lowest BCUT2D eigenvalue weighted by Gasteiger charge is -2.08. The molecule has 1 aromatic heterocycles. The lowest BCUT2D eigenvalue weighted by atomic mass is 10.2. The predicted molar refractivity (Wildman–Crippen MR) is 73.4 cm³/mol. The average Bonchev–Trinajstić information content (AvgIpc) is 2.82. The van der Waals surface area contributed by atoms with Gasteiger partial charge in [0.2, 0.25) is 0 Å². The molecule has 0 atom stereocenters. The van der Waals surface area contributed by atoms with E-state index in [1.54, 1.807) is 23.5 Å². The number of carbonyl (C=O) groups excluding carboxylic acids is 1. The van der Waals surface area contributed by atoms with Crippen molar-refractivity contribution in [3.63, 3.8) is 0 Å². The highest BCUT2D eigenvalue weighted by molar-refractivity contribution is 7.09. The molecule has 0 bridgehead atoms. The summed E-state index contributed by atoms with van der Waals surface area (Å²) in [6.07, 6.45) is 0. The summed E-state index contributed by atoms with van der Waals surface area (Å²) in [5.41, 5.74) is 7.49. The van der Waals surface area contributed by atoms with Crippen LogP contribution in [0.1, 0.15) is 21.1 Å². The van der Waals surface area contributed by atoms with E-state index in [4.69, 9.17) is 10.5 Å². The van der Waals surface area contributed by atoms with Crippen LogP contribution < -0.4 is 10.5 Å². The number of benzene rings is 1. The zero-order valence-electron chi connectivity index (χ0n) is 10.7. The highest BCUT2D eigenvalue weighted by Gasteiger charge is 2.09. The van der Waals surface area contributed by atoms with Gasteiger partial charge in [-0.05, 0) is 25.1 Å². The second kappa shape index (κ2) is 5.71. The fraction of sp³-hybridized carbons (Fsp3) is 0.231. The zero-order valence-corrected chi connectivity index (χ0v) is 11.5. The predicted octanol–water partition coefficient (Wildman–Crippen LogP) is 2.40. The summed E-state index contributed by atoms with van der Waals surface area (Å²) in [5, 5.41) is 2.93. The highest BCUT2D eigenvalue weighted by Crippen LogP contribution is 2.24. The molecular formula is C13H14N2O3S. The number of nitrogens with two attached hydrogens (primary N) is 1. The molecule has 1 aromatic carbocycles. The Hall–Kier alpha value is -2.08. The molecular weight excluding hydrogens is 264 g/mol. The van der Waals surface area contributed by atoms with Gasteiger partial charge in [0.05, 0.1) is 29.1 Å². The molecule has 5 nitrogen and oxygen atoms in total. The maximum absolute atomic E-state index is 11.3. The van der Waals surface area contributed by atoms with Crippen LogP contribution in [-0.2, 0) is 11.3 Å². The number of nitrogens with zero attached hydrogens (tertiary/aromatic N) is 1. The summed E-state index contributed by atoms with van der Waals surface area (Å²) in [4.78, 5) is 15.6. The molecule has 2 rings (SSSR count). The minimum atomic E-state index is -0.423. The maximum Gasteiger partial charge on any atom is 0.337 e. The van der Waals surface area contributed by atoms with Crippen LogP contribution in [0, 0.1) is 6.92 Å². The highest BCUT2D eigenvalue weighted by atomic mass is 32.1. The van der Waals surface area contributed by atoms with Crippen molar-refractivity contribution in [1.82, 2.24) is 4.98 Å². The van der Waals surface area contributed by atoms with Crippen molar-refractivity contribution in [2.75, 3.05) is 12.8 Å². The SMILES string of the molecule is COC(=O)c1ccc(OCc2csc(C)n2)c(N)c1. The minimum Gasteiger partial charge on any atom is -0.485 e. The first kappa shape index (κ1) is 13.4. The van der Waals surface area contributed by atoms with Crippen LogP contribution in [0.15, 0.2) is 23.6 Å². The van der Waals surface area contributed by atoms with Crippen molar-refractivity contribution < 1.29 is 14.3 Å². The van der Waals surface area contributed by atoms with Crippen molar-refractivity contribution in [2.45, 2.75) is 13.5 Å². The number of thiazole rings is 1. The number of esters is 1. The number of hydrogen-bond donors (Lipinski definition) is 1. The van der Waals surface area contributed by atoms with Crippen molar-refractivity contribution in [3.05, 3.63) is 39.8 Å². The molecule has 0 unspecified atom stereocenters. The van der Waals surface area contributed by atoms with Crippen molar-refractivity contribution in [3.8, 4) is 5.75 Å². The Morgan fingerprint density at radius 2 is 2.26 bits per heavy atom. The number of ether oxygens (including phenoxy) is 2. The van der Waals surface area contributed by atoms with Crippen LogP contribution in [0.5, 0.6) is 5.75 Å². The first-order valence-corrected chi connectivity index (χ1v) is 6.49. The van der Waals surface area contributed by atoms with Gasteiger partial charge < -0.3 is 15.2 Å². The standard InChI is InChI=1S/C13H14N2O3S/c1-8-15-10(7-19-8)6-18-12-4-3-9(5-11(12)14)13(16)17-2/h3-5,7H,6,14H2,1-2H3. The molecule has 0 saturated heterocycles. The summed E-state index contributed by atoms with van der Waals surface area (Å²) in [6, 6.07) is 4.80. The van der Waals surface area contributed by atoms with Crippen molar-refractivity contribution in [2.24, 2.45) is 0 Å². The lowest BCUT2D eigenvalue weighted by Crippen LogP contribution is -2.04. The molecule has 0 aliphatic rings. The van der Waals surface area contributed by atoms with Gasteiger partial charge in [0, 0.05) is 5.38 Å². The molecule has 1 heterocycles. The number of aryl methyl sites for hydroxylation is 1. The fourth-order valence-corrected chi connectivity index (χ4v) is 2.15. The zero-order chi connectivity index (χ0) is 13.8. The van der Waals surface area contributed by atoms with E-state index < -0.39 is 5.97 Å². The Balaban J connectivity index is 2.07. The molecule has 0 spiro atoms. The Bertz CT molecular complexity index is 595. The second-order valence-corrected chi connectivity index (χ2v) is 4.95. The van der Waals surface area contributed by atoms with Crippen LogP contribution in [0.2, 0.25) is 0 Å². The van der Waals surface area contributed by atoms with Crippen LogP contribution in [-0.4, -0.2) is 18.1 Å². The van der Waals surface area contributed by atoms with Gasteiger partial charge in [-0.25, -0.2) is 9.78 Å². The van der Waals surface area contributed by atoms with Gasteiger partial charge >= 0.3 is 5.97 Å². The van der Waals surface area contributed by atoms with E-state index >= 15 is 0 Å². The maximum atomic E-state index is 11.3. The number of nitrogen functional groups attached to an aromatic ring is 1. The largest absolute Gasteiger partial charge is 0.485 e. The number of methoxy groups -OCH3 is 1. The molecule has 2 N–H and O–H groups in total. The van der Waals surface area contributed by atoms with Gasteiger partial charge in [0.25, 0.3) is 0 Å². The molecule has 0 fully saturated rings. The van der Waals surface area contributed by atoms with Crippen LogP contribution in [0.4, 0.5) is 5.69 Å². The average molecular weight is 278 g/mol. The molecule has 100 valence electrons. The summed E-state index contributed by atoms with van der Waals surface area (Å²) in [5.74, 6) is 0.103. The van der Waals surface area contributed by atoms with E-state index in [-0.39, 0.29) is 0 Å². The smallest absolute Gasteiger partial charge is 0.337 e. The summed E-state index contributed by atoms with van der Waals surface area (Å²) < 4.78 is 10.2. The van der Waals surface area contributed by atoms with Gasteiger partial charge in [0.1, 0.15) is 12.4 Å². The van der Waals surface area contributed by atoms with E-state index in [0.29, 0.717) is 23.6 Å². The topological polar surface area (TPSA) is 74.4 Å². The van der Waals surface area contributed by atoms with E-state index in [2.05, 4.69) is 9.72 Å². The van der Waals surface area contributed by atoms with E-state index in [9.17, 15) is 4.79 Å². The first-order valence-electron chi connectivity index (χ1n) is 5.62. The number of carbonyl (C=O) groups is 1. The quantitative estimate of drug-likeness (QED) is 0.686. The van der Waals surface area contributed by atoms with E-state index in [1.165, 1.54) is 13.2 Å². The molecule has 0 saturated carbocycles. The Morgan fingerprint density at radius 3 is 2.84 bits per heavy atom. The van der Waals surface area contributed by atoms with Gasteiger partial charge in [-0.3, -0.25) is 0 Å². The number of anilines is 1. The minimum absolute atomic E-state index is 0.353. The Morgan fingerprint density at radius 1 is 1.47 bits per heavy atom. The molecule has 0 aliphatic carbocycles. The molecule has 6 heteroatoms. The third kappa shape index (κ3) is 3.23. The van der Waals surface area contributed by atoms with E-state index in [1.807, 2.05) is 12.3 Å². The number of hydrogen-bond acceptors (Lipinski definition) is 6. The first-order chi connectivity index (χ1) is 9.10. The van der Waals surface area contributed by atoms with Crippen molar-refractivity contribution >= 4 is 23.0 Å². The normalized spacial score (nSPS) is 10.2. The van der Waals surface area contributed by atoms with E-state index in [0.717, 1.165) is 10.7 Å². The monoisotopic (exact) mass is 278 g/mol. The Kier molecular flexibility index (Phi) is 4.01. The van der Waals surface area contributed by atoms with Crippen LogP contribution >= 0.6 is 11.3 Å². The number of rotatable bonds is 4. The molecule has 2 aromatic rings. The fourth-order valence-electron chi connectivity index (χ4n) is 1.55. The summed E-state index contributed by atoms with van der Waals surface area (Å²) >= 11 is 1.57. The van der Waals surface area contributed by atoms with Gasteiger partial charge in [-0.1, -0.05) is 0 Å². The second-order valence-electron chi connectivity index (χ2n) is 3.89. The molecule has 0 radical (unpaired) electrons. The summed E-state index contributed by atoms with van der Waals surface area (Å²) in [6.45, 7) is 2.29. The van der Waals surface area contributed by atoms with Crippen LogP contribution in [0.25, 0.3) is 0 Å². The van der Waals surface area contributed by atoms with Gasteiger partial charge in [-0.15, -0.1) is 11.3 Å². The third-order valence-electron chi connectivity index (χ3n) is 2.47. The third-order valence-corrected chi connectivity index (χ3v) is 3.30. The molecule has 0 amide bonds. The Labute approximate surface area is 115 Å². The molecule has 19 heavy (non-hydrogen) atoms. The molecule has 0 aliphatic heterocycles. The lowest BCUT2D eigenvalue weighted by molar-refractivity contribution is 0.0600. The van der Waals surface area contributed by atoms with Gasteiger partial charge in [0.15, 0.2) is 0 Å². The summed E-state index contributed by atoms with van der Waals surface area (Å²) in [7, 11) is 1.33. The van der Waals surface area contributed by atoms with Crippen molar-refractivity contribution in [1.29, 1.82) is 0 Å². The number of aromatic nitrogens is 1. The van der Waals surface area contributed by atoms with Crippen LogP contribution in [0.3, 0.4) is 0 Å².